The van der Waals surface area contributed by atoms with E-state index >= 15 is 0 Å². The van der Waals surface area contributed by atoms with Gasteiger partial charge in [0.2, 0.25) is 10.0 Å². The summed E-state index contributed by atoms with van der Waals surface area (Å²) >= 11 is 1.34. The molecule has 0 aliphatic rings. The highest BCUT2D eigenvalue weighted by atomic mass is 32.2. The van der Waals surface area contributed by atoms with Gasteiger partial charge in [0.05, 0.1) is 17.7 Å². The van der Waals surface area contributed by atoms with Gasteiger partial charge in [0.1, 0.15) is 0 Å². The molecule has 0 aromatic carbocycles. The van der Waals surface area contributed by atoms with Gasteiger partial charge >= 0.3 is 0 Å². The number of nitrogens with one attached hydrogen (secondary N) is 2. The van der Waals surface area contributed by atoms with Gasteiger partial charge in [0.25, 0.3) is 5.91 Å². The Hall–Kier alpha value is -2.30. The molecule has 0 spiro atoms. The van der Waals surface area contributed by atoms with Crippen molar-refractivity contribution >= 4 is 32.9 Å². The molecule has 8 nitrogen and oxygen atoms in total. The zero-order valence-corrected chi connectivity index (χ0v) is 15.1. The summed E-state index contributed by atoms with van der Waals surface area (Å²) in [5.74, 6) is 0.457. The number of hydrogen-bond donors (Lipinski definition) is 2. The van der Waals surface area contributed by atoms with E-state index in [0.717, 1.165) is 16.8 Å². The first-order chi connectivity index (χ1) is 11.9. The van der Waals surface area contributed by atoms with Crippen molar-refractivity contribution in [2.45, 2.75) is 13.0 Å². The van der Waals surface area contributed by atoms with Gasteiger partial charge in [-0.25, -0.2) is 13.1 Å². The van der Waals surface area contributed by atoms with Crippen LogP contribution in [0.1, 0.15) is 20.4 Å². The first kappa shape index (κ1) is 17.5. The third-order valence-corrected chi connectivity index (χ3v) is 5.28. The number of nitrogens with zero attached hydrogens (tertiary/aromatic N) is 3. The molecule has 0 aliphatic carbocycles. The van der Waals surface area contributed by atoms with Gasteiger partial charge < -0.3 is 5.32 Å². The Morgan fingerprint density at radius 2 is 2.08 bits per heavy atom. The predicted octanol–water partition coefficient (Wildman–Crippen LogP) is 0.812. The second-order valence-corrected chi connectivity index (χ2v) is 8.41. The fourth-order valence-corrected chi connectivity index (χ4v) is 3.65. The van der Waals surface area contributed by atoms with Gasteiger partial charge in [-0.15, -0.1) is 21.5 Å². The van der Waals surface area contributed by atoms with Crippen LogP contribution in [-0.4, -0.2) is 41.7 Å². The topological polar surface area (TPSA) is 105 Å². The minimum atomic E-state index is -3.20. The van der Waals surface area contributed by atoms with E-state index in [4.69, 9.17) is 0 Å². The molecule has 3 aromatic heterocycles. The molecule has 0 unspecified atom stereocenters. The number of carbonyl (C=O) groups is 1. The molecular formula is C15H17N5O3S2. The van der Waals surface area contributed by atoms with Gasteiger partial charge in [0.15, 0.2) is 11.5 Å². The molecule has 0 bridgehead atoms. The molecule has 2 N–H and O–H groups in total. The van der Waals surface area contributed by atoms with Gasteiger partial charge in [0, 0.05) is 17.6 Å². The van der Waals surface area contributed by atoms with E-state index in [1.165, 1.54) is 11.3 Å². The lowest BCUT2D eigenvalue weighted by Crippen LogP contribution is -2.24. The molecule has 0 radical (unpaired) electrons. The Labute approximate surface area is 149 Å². The Morgan fingerprint density at radius 1 is 1.24 bits per heavy atom. The Kier molecular flexibility index (Phi) is 5.11. The number of hydrogen-bond acceptors (Lipinski definition) is 6. The van der Waals surface area contributed by atoms with E-state index < -0.39 is 10.0 Å². The molecule has 0 atom stereocenters. The zero-order chi connectivity index (χ0) is 17.9. The normalized spacial score (nSPS) is 11.7. The summed E-state index contributed by atoms with van der Waals surface area (Å²) in [5.41, 5.74) is 0.725. The third-order valence-electron chi connectivity index (χ3n) is 3.41. The Morgan fingerprint density at radius 3 is 2.88 bits per heavy atom. The van der Waals surface area contributed by atoms with Gasteiger partial charge in [-0.3, -0.25) is 9.20 Å². The van der Waals surface area contributed by atoms with Crippen LogP contribution in [0.3, 0.4) is 0 Å². The molecule has 132 valence electrons. The highest BCUT2D eigenvalue weighted by Gasteiger charge is 2.11. The lowest BCUT2D eigenvalue weighted by atomic mass is 10.3. The lowest BCUT2D eigenvalue weighted by Gasteiger charge is -2.02. The summed E-state index contributed by atoms with van der Waals surface area (Å²) in [5, 5.41) is 10.9. The van der Waals surface area contributed by atoms with E-state index in [1.54, 1.807) is 6.07 Å². The quantitative estimate of drug-likeness (QED) is 0.632. The van der Waals surface area contributed by atoms with Crippen LogP contribution in [0, 0.1) is 0 Å². The minimum absolute atomic E-state index is 0.194. The van der Waals surface area contributed by atoms with Gasteiger partial charge in [-0.05, 0) is 30.7 Å². The number of fused-ring (bicyclic) bond motifs is 1. The molecule has 0 saturated carbocycles. The summed E-state index contributed by atoms with van der Waals surface area (Å²) < 4.78 is 26.3. The van der Waals surface area contributed by atoms with E-state index in [0.29, 0.717) is 23.7 Å². The van der Waals surface area contributed by atoms with E-state index in [-0.39, 0.29) is 12.5 Å². The lowest BCUT2D eigenvalue weighted by molar-refractivity contribution is 0.0954. The fourth-order valence-electron chi connectivity index (χ4n) is 2.25. The van der Waals surface area contributed by atoms with Crippen LogP contribution in [0.2, 0.25) is 0 Å². The van der Waals surface area contributed by atoms with Crippen molar-refractivity contribution in [3.05, 3.63) is 52.1 Å². The molecule has 0 saturated heterocycles. The number of pyridine rings is 1. The molecule has 3 heterocycles. The SMILES string of the molecule is CS(=O)(=O)NCCc1ccc(C(=O)NCc2nnc3ccccn23)s1. The number of aromatic nitrogens is 3. The van der Waals surface area contributed by atoms with Crippen LogP contribution in [0.5, 0.6) is 0 Å². The van der Waals surface area contributed by atoms with Crippen molar-refractivity contribution in [3.63, 3.8) is 0 Å². The van der Waals surface area contributed by atoms with Crippen molar-refractivity contribution in [1.29, 1.82) is 0 Å². The highest BCUT2D eigenvalue weighted by Crippen LogP contribution is 2.17. The number of sulfonamides is 1. The Balaban J connectivity index is 1.57. The van der Waals surface area contributed by atoms with Gasteiger partial charge in [-0.1, -0.05) is 6.07 Å². The molecule has 3 rings (SSSR count). The van der Waals surface area contributed by atoms with E-state index in [2.05, 4.69) is 20.2 Å². The summed E-state index contributed by atoms with van der Waals surface area (Å²) in [6.45, 7) is 0.582. The molecule has 10 heteroatoms. The van der Waals surface area contributed by atoms with Crippen LogP contribution in [0.15, 0.2) is 36.5 Å². The number of amides is 1. The summed E-state index contributed by atoms with van der Waals surface area (Å²) in [6.07, 6.45) is 3.50. The summed E-state index contributed by atoms with van der Waals surface area (Å²) in [4.78, 5) is 13.8. The first-order valence-electron chi connectivity index (χ1n) is 7.52. The highest BCUT2D eigenvalue weighted by molar-refractivity contribution is 7.88. The van der Waals surface area contributed by atoms with Crippen LogP contribution >= 0.6 is 11.3 Å². The smallest absolute Gasteiger partial charge is 0.261 e. The molecule has 3 aromatic rings. The van der Waals surface area contributed by atoms with E-state index in [1.807, 2.05) is 34.9 Å². The second kappa shape index (κ2) is 7.30. The molecular weight excluding hydrogens is 362 g/mol. The van der Waals surface area contributed by atoms with Crippen molar-refractivity contribution in [3.8, 4) is 0 Å². The molecule has 25 heavy (non-hydrogen) atoms. The molecule has 0 fully saturated rings. The summed E-state index contributed by atoms with van der Waals surface area (Å²) in [6, 6.07) is 9.15. The zero-order valence-electron chi connectivity index (χ0n) is 13.5. The third kappa shape index (κ3) is 4.62. The second-order valence-electron chi connectivity index (χ2n) is 5.41. The predicted molar refractivity (Wildman–Crippen MR) is 95.0 cm³/mol. The molecule has 0 aliphatic heterocycles. The summed E-state index contributed by atoms with van der Waals surface area (Å²) in [7, 11) is -3.20. The van der Waals surface area contributed by atoms with Crippen LogP contribution in [0.4, 0.5) is 0 Å². The first-order valence-corrected chi connectivity index (χ1v) is 10.2. The maximum atomic E-state index is 12.3. The van der Waals surface area contributed by atoms with Crippen molar-refractivity contribution in [1.82, 2.24) is 24.6 Å². The van der Waals surface area contributed by atoms with E-state index in [9.17, 15) is 13.2 Å². The monoisotopic (exact) mass is 379 g/mol. The van der Waals surface area contributed by atoms with Crippen LogP contribution < -0.4 is 10.0 Å². The number of carbonyl (C=O) groups excluding carboxylic acids is 1. The van der Waals surface area contributed by atoms with Crippen molar-refractivity contribution in [2.24, 2.45) is 0 Å². The maximum Gasteiger partial charge on any atom is 0.261 e. The average Bonchev–Trinajstić information content (AvgIpc) is 3.18. The Bertz CT molecular complexity index is 993. The number of rotatable bonds is 7. The largest absolute Gasteiger partial charge is 0.344 e. The molecule has 1 amide bonds. The van der Waals surface area contributed by atoms with Crippen molar-refractivity contribution in [2.75, 3.05) is 12.8 Å². The fraction of sp³-hybridized carbons (Fsp3) is 0.267. The standard InChI is InChI=1S/C15H17N5O3S2/c1-25(22,23)17-8-7-11-5-6-12(24-11)15(21)16-10-14-19-18-13-4-2-3-9-20(13)14/h2-6,9,17H,7-8,10H2,1H3,(H,16,21). The average molecular weight is 379 g/mol. The van der Waals surface area contributed by atoms with Gasteiger partial charge in [-0.2, -0.15) is 0 Å². The van der Waals surface area contributed by atoms with Crippen molar-refractivity contribution < 1.29 is 13.2 Å². The number of thiophene rings is 1. The van der Waals surface area contributed by atoms with Crippen LogP contribution in [-0.2, 0) is 23.0 Å². The van der Waals surface area contributed by atoms with Crippen LogP contribution in [0.25, 0.3) is 5.65 Å². The minimum Gasteiger partial charge on any atom is -0.344 e. The maximum absolute atomic E-state index is 12.3.